The molecule has 0 radical (unpaired) electrons. The number of rotatable bonds is 6. The summed E-state index contributed by atoms with van der Waals surface area (Å²) in [4.78, 5) is 26.4. The molecule has 0 unspecified atom stereocenters. The fourth-order valence-electron chi connectivity index (χ4n) is 3.58. The van der Waals surface area contributed by atoms with Gasteiger partial charge in [-0.05, 0) is 52.9 Å². The smallest absolute Gasteiger partial charge is 0.265 e. The van der Waals surface area contributed by atoms with Gasteiger partial charge in [0.2, 0.25) is 5.91 Å². The van der Waals surface area contributed by atoms with Crippen molar-refractivity contribution in [2.75, 3.05) is 16.8 Å². The first-order valence-electron chi connectivity index (χ1n) is 10.8. The van der Waals surface area contributed by atoms with Crippen LogP contribution < -0.4 is 15.0 Å². The number of fused-ring (bicyclic) bond motifs is 1. The molecule has 0 fully saturated rings. The van der Waals surface area contributed by atoms with Crippen LogP contribution in [0.15, 0.2) is 72.8 Å². The Morgan fingerprint density at radius 3 is 2.52 bits per heavy atom. The van der Waals surface area contributed by atoms with Gasteiger partial charge in [0.05, 0.1) is 12.2 Å². The molecule has 0 aliphatic carbocycles. The molecular formula is C27H25FN2O3. The Hall–Kier alpha value is -3.93. The molecule has 0 aromatic heterocycles. The van der Waals surface area contributed by atoms with Crippen LogP contribution in [0.5, 0.6) is 5.75 Å². The highest BCUT2D eigenvalue weighted by atomic mass is 19.1. The van der Waals surface area contributed by atoms with E-state index in [0.717, 1.165) is 11.1 Å². The van der Waals surface area contributed by atoms with Crippen LogP contribution in [-0.4, -0.2) is 18.4 Å². The van der Waals surface area contributed by atoms with E-state index >= 15 is 0 Å². The maximum absolute atomic E-state index is 13.2. The Kier molecular flexibility index (Phi) is 6.54. The molecule has 0 saturated carbocycles. The molecule has 168 valence electrons. The Balaban J connectivity index is 1.44. The molecule has 1 aliphatic heterocycles. The van der Waals surface area contributed by atoms with Gasteiger partial charge in [-0.3, -0.25) is 9.59 Å². The number of amides is 2. The largest absolute Gasteiger partial charge is 0.481 e. The normalized spacial score (nSPS) is 13.2. The molecule has 3 aromatic carbocycles. The van der Waals surface area contributed by atoms with E-state index in [-0.39, 0.29) is 24.2 Å². The zero-order valence-electron chi connectivity index (χ0n) is 18.5. The number of halogens is 1. The number of nitrogens with zero attached hydrogens (tertiary/aromatic N) is 1. The summed E-state index contributed by atoms with van der Waals surface area (Å²) in [6, 6.07) is 19.3. The topological polar surface area (TPSA) is 58.6 Å². The summed E-state index contributed by atoms with van der Waals surface area (Å²) < 4.78 is 18.8. The van der Waals surface area contributed by atoms with Gasteiger partial charge in [0, 0.05) is 17.8 Å². The molecule has 1 N–H and O–H groups in total. The number of carbonyl (C=O) groups excluding carboxylic acids is 2. The molecule has 6 heteroatoms. The van der Waals surface area contributed by atoms with E-state index in [1.807, 2.05) is 12.1 Å². The van der Waals surface area contributed by atoms with Crippen LogP contribution in [0, 0.1) is 5.82 Å². The second kappa shape index (κ2) is 9.69. The van der Waals surface area contributed by atoms with Crippen molar-refractivity contribution in [3.8, 4) is 5.75 Å². The van der Waals surface area contributed by atoms with Crippen LogP contribution in [0.1, 0.15) is 36.5 Å². The van der Waals surface area contributed by atoms with Crippen LogP contribution in [0.2, 0.25) is 0 Å². The lowest BCUT2D eigenvalue weighted by molar-refractivity contribution is -0.121. The Bertz CT molecular complexity index is 1180. The van der Waals surface area contributed by atoms with E-state index in [0.29, 0.717) is 29.6 Å². The summed E-state index contributed by atoms with van der Waals surface area (Å²) in [5, 5.41) is 2.82. The lowest BCUT2D eigenvalue weighted by atomic mass is 10.0. The standard InChI is InChI=1S/C27H25FN2O3/c1-18(2)21-8-3-19(4-9-21)7-14-26(31)29-23-12-13-24-25(15-23)33-17-27(32)30(24)16-20-5-10-22(28)11-6-20/h3-15,18H,16-17H2,1-2H3,(H,29,31)/b14-7+. The van der Waals surface area contributed by atoms with E-state index in [9.17, 15) is 14.0 Å². The Morgan fingerprint density at radius 2 is 1.82 bits per heavy atom. The SMILES string of the molecule is CC(C)c1ccc(/C=C/C(=O)Nc2ccc3c(c2)OCC(=O)N3Cc2ccc(F)cc2)cc1. The number of ether oxygens (including phenoxy) is 1. The van der Waals surface area contributed by atoms with Gasteiger partial charge in [-0.2, -0.15) is 0 Å². The van der Waals surface area contributed by atoms with Crippen molar-refractivity contribution in [2.24, 2.45) is 0 Å². The number of hydrogen-bond acceptors (Lipinski definition) is 3. The summed E-state index contributed by atoms with van der Waals surface area (Å²) in [5.41, 5.74) is 4.17. The quantitative estimate of drug-likeness (QED) is 0.509. The number of anilines is 2. The second-order valence-electron chi connectivity index (χ2n) is 8.22. The fourth-order valence-corrected chi connectivity index (χ4v) is 3.58. The van der Waals surface area contributed by atoms with Crippen molar-refractivity contribution in [2.45, 2.75) is 26.3 Å². The van der Waals surface area contributed by atoms with Gasteiger partial charge >= 0.3 is 0 Å². The molecule has 33 heavy (non-hydrogen) atoms. The van der Waals surface area contributed by atoms with Gasteiger partial charge < -0.3 is 15.0 Å². The van der Waals surface area contributed by atoms with Gasteiger partial charge in [0.25, 0.3) is 5.91 Å². The van der Waals surface area contributed by atoms with E-state index in [1.165, 1.54) is 23.8 Å². The van der Waals surface area contributed by atoms with E-state index in [2.05, 4.69) is 31.3 Å². The maximum Gasteiger partial charge on any atom is 0.265 e. The zero-order chi connectivity index (χ0) is 23.4. The van der Waals surface area contributed by atoms with E-state index in [4.69, 9.17) is 4.74 Å². The highest BCUT2D eigenvalue weighted by Gasteiger charge is 2.26. The van der Waals surface area contributed by atoms with Crippen molar-refractivity contribution >= 4 is 29.3 Å². The highest BCUT2D eigenvalue weighted by Crippen LogP contribution is 2.35. The molecule has 1 aliphatic rings. The maximum atomic E-state index is 13.2. The highest BCUT2D eigenvalue weighted by molar-refractivity contribution is 6.03. The molecule has 0 atom stereocenters. The number of carbonyl (C=O) groups is 2. The predicted octanol–water partition coefficient (Wildman–Crippen LogP) is 5.53. The first kappa shape index (κ1) is 22.3. The van der Waals surface area contributed by atoms with Crippen molar-refractivity contribution < 1.29 is 18.7 Å². The number of hydrogen-bond donors (Lipinski definition) is 1. The Labute approximate surface area is 192 Å². The van der Waals surface area contributed by atoms with Crippen molar-refractivity contribution in [1.29, 1.82) is 0 Å². The lowest BCUT2D eigenvalue weighted by Gasteiger charge is -2.29. The lowest BCUT2D eigenvalue weighted by Crippen LogP contribution is -2.38. The van der Waals surface area contributed by atoms with Crippen molar-refractivity contribution in [1.82, 2.24) is 0 Å². The molecule has 0 saturated heterocycles. The van der Waals surface area contributed by atoms with Crippen LogP contribution in [0.3, 0.4) is 0 Å². The van der Waals surface area contributed by atoms with Gasteiger partial charge in [-0.15, -0.1) is 0 Å². The van der Waals surface area contributed by atoms with Gasteiger partial charge in [-0.25, -0.2) is 4.39 Å². The summed E-state index contributed by atoms with van der Waals surface area (Å²) in [5.74, 6) is 0.185. The molecule has 1 heterocycles. The zero-order valence-corrected chi connectivity index (χ0v) is 18.5. The van der Waals surface area contributed by atoms with Gasteiger partial charge in [-0.1, -0.05) is 50.2 Å². The minimum absolute atomic E-state index is 0.0993. The molecular weight excluding hydrogens is 419 g/mol. The average Bonchev–Trinajstić information content (AvgIpc) is 2.81. The van der Waals surface area contributed by atoms with Crippen LogP contribution in [0.25, 0.3) is 6.08 Å². The first-order chi connectivity index (χ1) is 15.9. The van der Waals surface area contributed by atoms with E-state index < -0.39 is 0 Å². The summed E-state index contributed by atoms with van der Waals surface area (Å²) in [6.45, 7) is 4.48. The van der Waals surface area contributed by atoms with Crippen molar-refractivity contribution in [3.05, 3.63) is 95.3 Å². The second-order valence-corrected chi connectivity index (χ2v) is 8.22. The predicted molar refractivity (Wildman–Crippen MR) is 128 cm³/mol. The number of nitrogens with one attached hydrogen (secondary N) is 1. The third kappa shape index (κ3) is 5.47. The minimum atomic E-state index is -0.325. The Morgan fingerprint density at radius 1 is 1.09 bits per heavy atom. The van der Waals surface area contributed by atoms with Crippen molar-refractivity contribution in [3.63, 3.8) is 0 Å². The molecule has 0 bridgehead atoms. The minimum Gasteiger partial charge on any atom is -0.481 e. The molecule has 0 spiro atoms. The molecule has 3 aromatic rings. The number of benzene rings is 3. The van der Waals surface area contributed by atoms with E-state index in [1.54, 1.807) is 41.3 Å². The van der Waals surface area contributed by atoms with Crippen LogP contribution in [0.4, 0.5) is 15.8 Å². The fraction of sp³-hybridized carbons (Fsp3) is 0.185. The summed E-state index contributed by atoms with van der Waals surface area (Å²) in [6.07, 6.45) is 3.24. The first-order valence-corrected chi connectivity index (χ1v) is 10.8. The molecule has 5 nitrogen and oxygen atoms in total. The third-order valence-electron chi connectivity index (χ3n) is 5.45. The van der Waals surface area contributed by atoms with Gasteiger partial charge in [0.1, 0.15) is 11.6 Å². The van der Waals surface area contributed by atoms with Gasteiger partial charge in [0.15, 0.2) is 6.61 Å². The monoisotopic (exact) mass is 444 g/mol. The molecule has 4 rings (SSSR count). The van der Waals surface area contributed by atoms with Crippen LogP contribution in [-0.2, 0) is 16.1 Å². The summed E-state index contributed by atoms with van der Waals surface area (Å²) in [7, 11) is 0. The third-order valence-corrected chi connectivity index (χ3v) is 5.45. The molecule has 2 amide bonds. The summed E-state index contributed by atoms with van der Waals surface area (Å²) >= 11 is 0. The van der Waals surface area contributed by atoms with Crippen LogP contribution >= 0.6 is 0 Å². The average molecular weight is 445 g/mol.